The van der Waals surface area contributed by atoms with Gasteiger partial charge in [-0.2, -0.15) is 0 Å². The van der Waals surface area contributed by atoms with Gasteiger partial charge >= 0.3 is 0 Å². The lowest BCUT2D eigenvalue weighted by molar-refractivity contribution is -0.384. The third kappa shape index (κ3) is 3.29. The average molecular weight is 307 g/mol. The van der Waals surface area contributed by atoms with Crippen molar-refractivity contribution >= 4 is 28.9 Å². The molecule has 0 aromatic heterocycles. The Balaban J connectivity index is 2.31. The summed E-state index contributed by atoms with van der Waals surface area (Å²) < 4.78 is 5.09. The van der Waals surface area contributed by atoms with Crippen molar-refractivity contribution in [1.82, 2.24) is 0 Å². The molecule has 21 heavy (non-hydrogen) atoms. The highest BCUT2D eigenvalue weighted by molar-refractivity contribution is 6.34. The fraction of sp³-hybridized carbons (Fsp3) is 0.0714. The van der Waals surface area contributed by atoms with Crippen molar-refractivity contribution in [2.45, 2.75) is 0 Å². The maximum atomic E-state index is 12.2. The van der Waals surface area contributed by atoms with E-state index in [1.54, 1.807) is 24.3 Å². The minimum absolute atomic E-state index is 0.158. The van der Waals surface area contributed by atoms with Crippen LogP contribution in [0, 0.1) is 10.1 Å². The van der Waals surface area contributed by atoms with Crippen LogP contribution in [-0.2, 0) is 0 Å². The number of ether oxygens (including phenoxy) is 1. The van der Waals surface area contributed by atoms with E-state index in [1.165, 1.54) is 25.3 Å². The molecule has 0 bridgehead atoms. The van der Waals surface area contributed by atoms with E-state index in [4.69, 9.17) is 16.3 Å². The van der Waals surface area contributed by atoms with Crippen LogP contribution < -0.4 is 10.1 Å². The van der Waals surface area contributed by atoms with Crippen molar-refractivity contribution in [2.24, 2.45) is 0 Å². The van der Waals surface area contributed by atoms with Gasteiger partial charge in [0.2, 0.25) is 0 Å². The zero-order valence-corrected chi connectivity index (χ0v) is 11.8. The molecule has 1 amide bonds. The second kappa shape index (κ2) is 6.23. The summed E-state index contributed by atoms with van der Waals surface area (Å²) in [6.07, 6.45) is 0. The molecule has 7 heteroatoms. The topological polar surface area (TPSA) is 81.5 Å². The van der Waals surface area contributed by atoms with Crippen LogP contribution in [0.2, 0.25) is 5.02 Å². The number of carbonyl (C=O) groups is 1. The molecule has 0 atom stereocenters. The van der Waals surface area contributed by atoms with E-state index in [-0.39, 0.29) is 16.4 Å². The largest absolute Gasteiger partial charge is 0.496 e. The highest BCUT2D eigenvalue weighted by atomic mass is 35.5. The number of benzene rings is 2. The van der Waals surface area contributed by atoms with Crippen molar-refractivity contribution in [3.63, 3.8) is 0 Å². The number of halogens is 1. The van der Waals surface area contributed by atoms with E-state index >= 15 is 0 Å². The average Bonchev–Trinajstić information content (AvgIpc) is 2.49. The van der Waals surface area contributed by atoms with Crippen molar-refractivity contribution in [1.29, 1.82) is 0 Å². The summed E-state index contributed by atoms with van der Waals surface area (Å²) in [5.74, 6) is -0.0635. The number of carbonyl (C=O) groups excluding carboxylic acids is 1. The SMILES string of the molecule is COc1ccccc1C(=O)Nc1cc([N+](=O)[O-])ccc1Cl. The first kappa shape index (κ1) is 14.8. The lowest BCUT2D eigenvalue weighted by atomic mass is 10.2. The number of hydrogen-bond donors (Lipinski definition) is 1. The van der Waals surface area contributed by atoms with Gasteiger partial charge in [-0.25, -0.2) is 0 Å². The Morgan fingerprint density at radius 3 is 2.67 bits per heavy atom. The van der Waals surface area contributed by atoms with Gasteiger partial charge in [0.25, 0.3) is 11.6 Å². The molecular formula is C14H11ClN2O4. The van der Waals surface area contributed by atoms with E-state index in [2.05, 4.69) is 5.32 Å². The first-order valence-electron chi connectivity index (χ1n) is 5.91. The van der Waals surface area contributed by atoms with Crippen LogP contribution in [-0.4, -0.2) is 17.9 Å². The Labute approximate surface area is 125 Å². The van der Waals surface area contributed by atoms with E-state index in [0.29, 0.717) is 11.3 Å². The van der Waals surface area contributed by atoms with Crippen LogP contribution in [0.1, 0.15) is 10.4 Å². The lowest BCUT2D eigenvalue weighted by Gasteiger charge is -2.10. The summed E-state index contributed by atoms with van der Waals surface area (Å²) in [4.78, 5) is 22.4. The molecule has 6 nitrogen and oxygen atoms in total. The van der Waals surface area contributed by atoms with Gasteiger partial charge in [0.05, 0.1) is 28.3 Å². The van der Waals surface area contributed by atoms with Crippen molar-refractivity contribution in [3.05, 3.63) is 63.2 Å². The summed E-state index contributed by atoms with van der Waals surface area (Å²) >= 11 is 5.94. The fourth-order valence-electron chi connectivity index (χ4n) is 1.74. The molecule has 0 fully saturated rings. The second-order valence-corrected chi connectivity index (χ2v) is 4.48. The Morgan fingerprint density at radius 1 is 1.29 bits per heavy atom. The third-order valence-corrected chi connectivity index (χ3v) is 3.09. The second-order valence-electron chi connectivity index (χ2n) is 4.08. The predicted octanol–water partition coefficient (Wildman–Crippen LogP) is 3.51. The molecular weight excluding hydrogens is 296 g/mol. The van der Waals surface area contributed by atoms with E-state index in [1.807, 2.05) is 0 Å². The van der Waals surface area contributed by atoms with Gasteiger partial charge in [-0.05, 0) is 18.2 Å². The molecule has 0 aliphatic rings. The summed E-state index contributed by atoms with van der Waals surface area (Å²) in [7, 11) is 1.45. The molecule has 0 spiro atoms. The predicted molar refractivity (Wildman–Crippen MR) is 79.1 cm³/mol. The summed E-state index contributed by atoms with van der Waals surface area (Å²) in [6, 6.07) is 10.5. The Morgan fingerprint density at radius 2 is 2.00 bits per heavy atom. The summed E-state index contributed by atoms with van der Waals surface area (Å²) in [6.45, 7) is 0. The van der Waals surface area contributed by atoms with Crippen LogP contribution in [0.15, 0.2) is 42.5 Å². The minimum Gasteiger partial charge on any atom is -0.496 e. The number of nitro groups is 1. The maximum Gasteiger partial charge on any atom is 0.271 e. The molecule has 0 heterocycles. The Hall–Kier alpha value is -2.60. The number of amides is 1. The molecule has 108 valence electrons. The summed E-state index contributed by atoms with van der Waals surface area (Å²) in [5.41, 5.74) is 0.319. The fourth-order valence-corrected chi connectivity index (χ4v) is 1.91. The highest BCUT2D eigenvalue weighted by Gasteiger charge is 2.15. The van der Waals surface area contributed by atoms with Crippen LogP contribution in [0.5, 0.6) is 5.75 Å². The monoisotopic (exact) mass is 306 g/mol. The molecule has 0 saturated heterocycles. The maximum absolute atomic E-state index is 12.2. The van der Waals surface area contributed by atoms with Gasteiger partial charge in [0, 0.05) is 12.1 Å². The number of rotatable bonds is 4. The number of hydrogen-bond acceptors (Lipinski definition) is 4. The number of nitrogens with one attached hydrogen (secondary N) is 1. The smallest absolute Gasteiger partial charge is 0.271 e. The van der Waals surface area contributed by atoms with Crippen molar-refractivity contribution in [2.75, 3.05) is 12.4 Å². The van der Waals surface area contributed by atoms with Crippen LogP contribution in [0.3, 0.4) is 0 Å². The molecule has 0 aliphatic heterocycles. The Bertz CT molecular complexity index is 703. The Kier molecular flexibility index (Phi) is 4.39. The van der Waals surface area contributed by atoms with Gasteiger partial charge in [-0.1, -0.05) is 23.7 Å². The van der Waals surface area contributed by atoms with Gasteiger partial charge < -0.3 is 10.1 Å². The van der Waals surface area contributed by atoms with Crippen LogP contribution in [0.4, 0.5) is 11.4 Å². The first-order valence-corrected chi connectivity index (χ1v) is 6.29. The van der Waals surface area contributed by atoms with Gasteiger partial charge in [-0.3, -0.25) is 14.9 Å². The zero-order chi connectivity index (χ0) is 15.4. The minimum atomic E-state index is -0.560. The van der Waals surface area contributed by atoms with E-state index < -0.39 is 10.8 Å². The normalized spacial score (nSPS) is 10.0. The van der Waals surface area contributed by atoms with Crippen LogP contribution in [0.25, 0.3) is 0 Å². The third-order valence-electron chi connectivity index (χ3n) is 2.76. The van der Waals surface area contributed by atoms with Gasteiger partial charge in [0.15, 0.2) is 0 Å². The van der Waals surface area contributed by atoms with E-state index in [9.17, 15) is 14.9 Å². The summed E-state index contributed by atoms with van der Waals surface area (Å²) in [5, 5.41) is 13.5. The molecule has 1 N–H and O–H groups in total. The first-order chi connectivity index (χ1) is 10.0. The molecule has 0 unspecified atom stereocenters. The van der Waals surface area contributed by atoms with Crippen molar-refractivity contribution < 1.29 is 14.5 Å². The number of nitro benzene ring substituents is 1. The highest BCUT2D eigenvalue weighted by Crippen LogP contribution is 2.28. The lowest BCUT2D eigenvalue weighted by Crippen LogP contribution is -2.13. The molecule has 2 aromatic carbocycles. The standard InChI is InChI=1S/C14H11ClN2O4/c1-21-13-5-3-2-4-10(13)14(18)16-12-8-9(17(19)20)6-7-11(12)15/h2-8H,1H3,(H,16,18). The van der Waals surface area contributed by atoms with Crippen LogP contribution >= 0.6 is 11.6 Å². The quantitative estimate of drug-likeness (QED) is 0.692. The molecule has 0 aliphatic carbocycles. The zero-order valence-electron chi connectivity index (χ0n) is 11.0. The number of non-ortho nitro benzene ring substituents is 1. The van der Waals surface area contributed by atoms with E-state index in [0.717, 1.165) is 0 Å². The number of para-hydroxylation sites is 1. The molecule has 2 rings (SSSR count). The number of nitrogens with zero attached hydrogens (tertiary/aromatic N) is 1. The molecule has 0 radical (unpaired) electrons. The van der Waals surface area contributed by atoms with Gasteiger partial charge in [-0.15, -0.1) is 0 Å². The van der Waals surface area contributed by atoms with Crippen molar-refractivity contribution in [3.8, 4) is 5.75 Å². The molecule has 2 aromatic rings. The van der Waals surface area contributed by atoms with Gasteiger partial charge in [0.1, 0.15) is 5.75 Å². The molecule has 0 saturated carbocycles. The number of methoxy groups -OCH3 is 1. The number of anilines is 1.